The van der Waals surface area contributed by atoms with Crippen LogP contribution in [0.1, 0.15) is 0 Å². The average Bonchev–Trinajstić information content (AvgIpc) is 3.67. The van der Waals surface area contributed by atoms with Crippen LogP contribution >= 0.6 is 0 Å². The van der Waals surface area contributed by atoms with E-state index in [1.165, 1.54) is 21.9 Å². The molecular formula is C41H26N2O. The van der Waals surface area contributed by atoms with Crippen LogP contribution in [0.5, 0.6) is 0 Å². The third kappa shape index (κ3) is 3.87. The number of para-hydroxylation sites is 4. The van der Waals surface area contributed by atoms with Crippen molar-refractivity contribution in [2.24, 2.45) is 0 Å². The van der Waals surface area contributed by atoms with Gasteiger partial charge in [-0.15, -0.1) is 0 Å². The molecular weight excluding hydrogens is 536 g/mol. The van der Waals surface area contributed by atoms with Crippen molar-refractivity contribution in [3.63, 3.8) is 0 Å². The Balaban J connectivity index is 1.14. The summed E-state index contributed by atoms with van der Waals surface area (Å²) in [6, 6.07) is 55.5. The lowest BCUT2D eigenvalue weighted by atomic mass is 9.98. The maximum Gasteiger partial charge on any atom is 0.145 e. The predicted octanol–water partition coefficient (Wildman–Crippen LogP) is 11.1. The van der Waals surface area contributed by atoms with Crippen LogP contribution in [0.2, 0.25) is 0 Å². The van der Waals surface area contributed by atoms with Gasteiger partial charge >= 0.3 is 0 Å². The maximum absolute atomic E-state index is 6.32. The van der Waals surface area contributed by atoms with Crippen LogP contribution in [0.3, 0.4) is 0 Å². The van der Waals surface area contributed by atoms with E-state index in [0.29, 0.717) is 0 Å². The summed E-state index contributed by atoms with van der Waals surface area (Å²) >= 11 is 0. The van der Waals surface area contributed by atoms with Gasteiger partial charge in [0.25, 0.3) is 0 Å². The predicted molar refractivity (Wildman–Crippen MR) is 182 cm³/mol. The van der Waals surface area contributed by atoms with Crippen LogP contribution in [0, 0.1) is 0 Å². The number of benzene rings is 7. The number of furan rings is 1. The summed E-state index contributed by atoms with van der Waals surface area (Å²) in [4.78, 5) is 5.11. The topological polar surface area (TPSA) is 31.0 Å². The molecule has 0 amide bonds. The third-order valence-corrected chi connectivity index (χ3v) is 8.65. The molecule has 7 aromatic carbocycles. The Morgan fingerprint density at radius 2 is 1.07 bits per heavy atom. The highest BCUT2D eigenvalue weighted by atomic mass is 16.3. The second-order valence-electron chi connectivity index (χ2n) is 11.2. The number of aromatic nitrogens is 2. The summed E-state index contributed by atoms with van der Waals surface area (Å²) in [5, 5.41) is 4.78. The zero-order valence-corrected chi connectivity index (χ0v) is 23.8. The molecule has 0 aliphatic carbocycles. The minimum atomic E-state index is 0.909. The summed E-state index contributed by atoms with van der Waals surface area (Å²) in [6.45, 7) is 0. The van der Waals surface area contributed by atoms with Gasteiger partial charge < -0.3 is 4.42 Å². The number of fused-ring (bicyclic) bond motifs is 5. The number of imidazole rings is 1. The lowest BCUT2D eigenvalue weighted by molar-refractivity contribution is 0.670. The standard InChI is InChI=1S/C41H26N2O/c1-2-11-32-27(9-1)10-7-13-33(32)28-23-25-31(26-24-28)43-38-17-5-4-16-37(38)42-41(43)30-21-19-29(20-22-30)34-14-8-15-36-35-12-3-6-18-39(35)44-40(34)36/h1-26H. The summed E-state index contributed by atoms with van der Waals surface area (Å²) in [5.41, 5.74) is 10.6. The van der Waals surface area contributed by atoms with Crippen molar-refractivity contribution in [1.82, 2.24) is 9.55 Å². The summed E-state index contributed by atoms with van der Waals surface area (Å²) in [6.07, 6.45) is 0. The van der Waals surface area contributed by atoms with Gasteiger partial charge in [-0.25, -0.2) is 4.98 Å². The number of nitrogens with zero attached hydrogens (tertiary/aromatic N) is 2. The molecule has 2 aromatic heterocycles. The first-order valence-electron chi connectivity index (χ1n) is 14.9. The fourth-order valence-corrected chi connectivity index (χ4v) is 6.52. The molecule has 0 atom stereocenters. The first-order chi connectivity index (χ1) is 21.8. The molecule has 0 radical (unpaired) electrons. The molecule has 2 heterocycles. The first kappa shape index (κ1) is 24.6. The van der Waals surface area contributed by atoms with E-state index >= 15 is 0 Å². The van der Waals surface area contributed by atoms with Crippen molar-refractivity contribution < 1.29 is 4.42 Å². The molecule has 0 N–H and O–H groups in total. The van der Waals surface area contributed by atoms with Gasteiger partial charge in [-0.05, 0) is 57.8 Å². The smallest absolute Gasteiger partial charge is 0.145 e. The van der Waals surface area contributed by atoms with Gasteiger partial charge in [0.1, 0.15) is 17.0 Å². The lowest BCUT2D eigenvalue weighted by Crippen LogP contribution is -1.97. The van der Waals surface area contributed by atoms with E-state index in [1.54, 1.807) is 0 Å². The van der Waals surface area contributed by atoms with Gasteiger partial charge in [-0.3, -0.25) is 4.57 Å². The second-order valence-corrected chi connectivity index (χ2v) is 11.2. The molecule has 0 unspecified atom stereocenters. The minimum Gasteiger partial charge on any atom is -0.455 e. The molecule has 0 aliphatic rings. The minimum absolute atomic E-state index is 0.909. The third-order valence-electron chi connectivity index (χ3n) is 8.65. The van der Waals surface area contributed by atoms with E-state index in [1.807, 2.05) is 18.2 Å². The van der Waals surface area contributed by atoms with E-state index in [9.17, 15) is 0 Å². The molecule has 9 aromatic rings. The van der Waals surface area contributed by atoms with Crippen LogP contribution < -0.4 is 0 Å². The molecule has 3 heteroatoms. The summed E-state index contributed by atoms with van der Waals surface area (Å²) < 4.78 is 8.58. The van der Waals surface area contributed by atoms with Crippen molar-refractivity contribution in [2.45, 2.75) is 0 Å². The van der Waals surface area contributed by atoms with Gasteiger partial charge in [0.2, 0.25) is 0 Å². The van der Waals surface area contributed by atoms with Crippen molar-refractivity contribution in [3.05, 3.63) is 158 Å². The normalized spacial score (nSPS) is 11.6. The zero-order chi connectivity index (χ0) is 29.0. The number of hydrogen-bond donors (Lipinski definition) is 0. The van der Waals surface area contributed by atoms with Crippen molar-refractivity contribution in [2.75, 3.05) is 0 Å². The molecule has 206 valence electrons. The van der Waals surface area contributed by atoms with Crippen LogP contribution in [-0.4, -0.2) is 9.55 Å². The average molecular weight is 563 g/mol. The second kappa shape index (κ2) is 9.82. The Hall–Kier alpha value is -5.93. The van der Waals surface area contributed by atoms with E-state index in [-0.39, 0.29) is 0 Å². The molecule has 0 saturated heterocycles. The van der Waals surface area contributed by atoms with Crippen LogP contribution in [0.4, 0.5) is 0 Å². The van der Waals surface area contributed by atoms with Crippen LogP contribution in [-0.2, 0) is 0 Å². The monoisotopic (exact) mass is 562 g/mol. The van der Waals surface area contributed by atoms with Crippen LogP contribution in [0.25, 0.3) is 83.1 Å². The summed E-state index contributed by atoms with van der Waals surface area (Å²) in [5.74, 6) is 0.914. The van der Waals surface area contributed by atoms with Gasteiger partial charge in [0.15, 0.2) is 0 Å². The van der Waals surface area contributed by atoms with E-state index < -0.39 is 0 Å². The van der Waals surface area contributed by atoms with Gasteiger partial charge in [0.05, 0.1) is 11.0 Å². The molecule has 0 bridgehead atoms. The fraction of sp³-hybridized carbons (Fsp3) is 0. The molecule has 0 aliphatic heterocycles. The molecule has 9 rings (SSSR count). The molecule has 44 heavy (non-hydrogen) atoms. The Labute approximate surface area is 254 Å². The van der Waals surface area contributed by atoms with E-state index in [0.717, 1.165) is 61.2 Å². The number of rotatable bonds is 4. The van der Waals surface area contributed by atoms with Gasteiger partial charge in [-0.2, -0.15) is 0 Å². The summed E-state index contributed by atoms with van der Waals surface area (Å²) in [7, 11) is 0. The van der Waals surface area contributed by atoms with E-state index in [4.69, 9.17) is 9.40 Å². The van der Waals surface area contributed by atoms with Crippen molar-refractivity contribution in [3.8, 4) is 39.3 Å². The van der Waals surface area contributed by atoms with Gasteiger partial charge in [0, 0.05) is 27.6 Å². The largest absolute Gasteiger partial charge is 0.455 e. The quantitative estimate of drug-likeness (QED) is 0.214. The van der Waals surface area contributed by atoms with Crippen LogP contribution in [0.15, 0.2) is 162 Å². The maximum atomic E-state index is 6.32. The SMILES string of the molecule is c1ccc2c(-c3ccc(-n4c(-c5ccc(-c6cccc7c6oc6ccccc67)cc5)nc5ccccc54)cc3)cccc2c1. The Morgan fingerprint density at radius 1 is 0.455 bits per heavy atom. The fourth-order valence-electron chi connectivity index (χ4n) is 6.52. The molecule has 0 spiro atoms. The highest BCUT2D eigenvalue weighted by Crippen LogP contribution is 2.37. The Bertz CT molecular complexity index is 2480. The first-order valence-corrected chi connectivity index (χ1v) is 14.9. The van der Waals surface area contributed by atoms with Gasteiger partial charge in [-0.1, -0.05) is 127 Å². The van der Waals surface area contributed by atoms with Crippen molar-refractivity contribution in [1.29, 1.82) is 0 Å². The Morgan fingerprint density at radius 3 is 1.95 bits per heavy atom. The van der Waals surface area contributed by atoms with E-state index in [2.05, 4.69) is 144 Å². The lowest BCUT2D eigenvalue weighted by Gasteiger charge is -2.12. The molecule has 3 nitrogen and oxygen atoms in total. The highest BCUT2D eigenvalue weighted by Gasteiger charge is 2.16. The van der Waals surface area contributed by atoms with Crippen molar-refractivity contribution >= 4 is 43.7 Å². The molecule has 0 fully saturated rings. The zero-order valence-electron chi connectivity index (χ0n) is 23.8. The number of hydrogen-bond acceptors (Lipinski definition) is 2. The Kier molecular flexibility index (Phi) is 5.50. The molecule has 0 saturated carbocycles. The highest BCUT2D eigenvalue weighted by molar-refractivity contribution is 6.09.